The van der Waals surface area contributed by atoms with Crippen LogP contribution < -0.4 is 5.32 Å². The maximum Gasteiger partial charge on any atom is 0.159 e. The van der Waals surface area contributed by atoms with Crippen molar-refractivity contribution in [3.63, 3.8) is 0 Å². The molecule has 5 nitrogen and oxygen atoms in total. The van der Waals surface area contributed by atoms with Crippen molar-refractivity contribution in [2.75, 3.05) is 13.2 Å². The molecule has 0 aromatic carbocycles. The molecule has 1 unspecified atom stereocenters. The van der Waals surface area contributed by atoms with Crippen LogP contribution in [-0.4, -0.2) is 38.8 Å². The number of hydrogen-bond acceptors (Lipinski definition) is 4. The van der Waals surface area contributed by atoms with Crippen LogP contribution in [0.15, 0.2) is 18.3 Å². The van der Waals surface area contributed by atoms with Crippen molar-refractivity contribution in [2.24, 2.45) is 0 Å². The number of pyridine rings is 1. The van der Waals surface area contributed by atoms with Crippen molar-refractivity contribution < 1.29 is 5.11 Å². The highest BCUT2D eigenvalue weighted by atomic mass is 16.3. The van der Waals surface area contributed by atoms with E-state index in [1.807, 2.05) is 12.1 Å². The summed E-state index contributed by atoms with van der Waals surface area (Å²) in [6.07, 6.45) is 5.96. The zero-order valence-corrected chi connectivity index (χ0v) is 11.0. The van der Waals surface area contributed by atoms with Gasteiger partial charge in [0, 0.05) is 31.8 Å². The van der Waals surface area contributed by atoms with Gasteiger partial charge < -0.3 is 15.0 Å². The number of aliphatic hydroxyl groups excluding tert-OH is 1. The van der Waals surface area contributed by atoms with E-state index < -0.39 is 0 Å². The Hall–Kier alpha value is -1.46. The highest BCUT2D eigenvalue weighted by Gasteiger charge is 2.19. The van der Waals surface area contributed by atoms with Gasteiger partial charge in [0.1, 0.15) is 11.3 Å². The Morgan fingerprint density at radius 3 is 3.21 bits per heavy atom. The summed E-state index contributed by atoms with van der Waals surface area (Å²) in [7, 11) is 0. The summed E-state index contributed by atoms with van der Waals surface area (Å²) in [5.74, 6) is 1.08. The minimum Gasteiger partial charge on any atom is -0.396 e. The van der Waals surface area contributed by atoms with Gasteiger partial charge in [0.05, 0.1) is 0 Å². The molecule has 19 heavy (non-hydrogen) atoms. The molecule has 1 fully saturated rings. The molecule has 1 atom stereocenters. The molecule has 102 valence electrons. The molecule has 0 amide bonds. The smallest absolute Gasteiger partial charge is 0.159 e. The number of aromatic nitrogens is 3. The third-order valence-corrected chi connectivity index (χ3v) is 3.71. The summed E-state index contributed by atoms with van der Waals surface area (Å²) in [5.41, 5.74) is 1.89. The Labute approximate surface area is 112 Å². The molecule has 1 aliphatic heterocycles. The molecule has 3 heterocycles. The highest BCUT2D eigenvalue weighted by molar-refractivity contribution is 5.71. The lowest BCUT2D eigenvalue weighted by molar-refractivity contribution is 0.279. The van der Waals surface area contributed by atoms with E-state index in [-0.39, 0.29) is 6.61 Å². The summed E-state index contributed by atoms with van der Waals surface area (Å²) in [4.78, 5) is 9.14. The van der Waals surface area contributed by atoms with Gasteiger partial charge in [0.15, 0.2) is 5.65 Å². The van der Waals surface area contributed by atoms with E-state index >= 15 is 0 Å². The molecule has 0 spiro atoms. The summed E-state index contributed by atoms with van der Waals surface area (Å²) >= 11 is 0. The Bertz CT molecular complexity index is 545. The van der Waals surface area contributed by atoms with Gasteiger partial charge >= 0.3 is 0 Å². The summed E-state index contributed by atoms with van der Waals surface area (Å²) in [6.45, 7) is 2.10. The number of fused-ring (bicyclic) bond motifs is 1. The first-order chi connectivity index (χ1) is 9.38. The fourth-order valence-electron chi connectivity index (χ4n) is 2.78. The van der Waals surface area contributed by atoms with Crippen LogP contribution in [0.25, 0.3) is 11.2 Å². The normalized spacial score (nSPS) is 19.3. The van der Waals surface area contributed by atoms with E-state index in [0.29, 0.717) is 6.04 Å². The van der Waals surface area contributed by atoms with Crippen LogP contribution in [0.1, 0.15) is 25.1 Å². The van der Waals surface area contributed by atoms with Crippen LogP contribution in [0.4, 0.5) is 0 Å². The number of aliphatic hydroxyl groups is 1. The second-order valence-corrected chi connectivity index (χ2v) is 5.10. The second kappa shape index (κ2) is 5.67. The lowest BCUT2D eigenvalue weighted by Gasteiger charge is -2.12. The third kappa shape index (κ3) is 2.62. The van der Waals surface area contributed by atoms with Crippen LogP contribution in [0.5, 0.6) is 0 Å². The summed E-state index contributed by atoms with van der Waals surface area (Å²) in [5, 5.41) is 12.6. The predicted molar refractivity (Wildman–Crippen MR) is 74.0 cm³/mol. The van der Waals surface area contributed by atoms with Gasteiger partial charge in [0.2, 0.25) is 0 Å². The van der Waals surface area contributed by atoms with Crippen LogP contribution in [0.2, 0.25) is 0 Å². The van der Waals surface area contributed by atoms with Gasteiger partial charge in [-0.05, 0) is 37.9 Å². The van der Waals surface area contributed by atoms with Crippen LogP contribution in [0.3, 0.4) is 0 Å². The van der Waals surface area contributed by atoms with Gasteiger partial charge in [-0.25, -0.2) is 9.97 Å². The average molecular weight is 260 g/mol. The van der Waals surface area contributed by atoms with E-state index in [0.717, 1.165) is 42.9 Å². The van der Waals surface area contributed by atoms with Gasteiger partial charge in [-0.1, -0.05) is 0 Å². The molecule has 2 N–H and O–H groups in total. The SMILES string of the molecule is OCCCn1c(CC2CCCN2)nc2cccnc21. The van der Waals surface area contributed by atoms with Gasteiger partial charge in [-0.15, -0.1) is 0 Å². The summed E-state index contributed by atoms with van der Waals surface area (Å²) in [6, 6.07) is 4.46. The quantitative estimate of drug-likeness (QED) is 0.845. The second-order valence-electron chi connectivity index (χ2n) is 5.10. The van der Waals surface area contributed by atoms with Crippen LogP contribution in [0, 0.1) is 0 Å². The van der Waals surface area contributed by atoms with Crippen molar-refractivity contribution in [3.8, 4) is 0 Å². The third-order valence-electron chi connectivity index (χ3n) is 3.71. The molecule has 2 aromatic heterocycles. The zero-order valence-electron chi connectivity index (χ0n) is 11.0. The topological polar surface area (TPSA) is 63.0 Å². The number of rotatable bonds is 5. The predicted octanol–water partition coefficient (Wildman–Crippen LogP) is 1.11. The lowest BCUT2D eigenvalue weighted by Crippen LogP contribution is -2.25. The van der Waals surface area contributed by atoms with E-state index in [2.05, 4.69) is 14.9 Å². The maximum atomic E-state index is 9.05. The molecule has 0 aliphatic carbocycles. The maximum absolute atomic E-state index is 9.05. The Balaban J connectivity index is 1.91. The minimum atomic E-state index is 0.202. The van der Waals surface area contributed by atoms with E-state index in [1.165, 1.54) is 12.8 Å². The molecular weight excluding hydrogens is 240 g/mol. The summed E-state index contributed by atoms with van der Waals surface area (Å²) < 4.78 is 2.16. The molecule has 0 bridgehead atoms. The van der Waals surface area contributed by atoms with E-state index in [1.54, 1.807) is 6.20 Å². The molecule has 1 saturated heterocycles. The number of nitrogens with one attached hydrogen (secondary N) is 1. The van der Waals surface area contributed by atoms with Crippen molar-refractivity contribution >= 4 is 11.2 Å². The fraction of sp³-hybridized carbons (Fsp3) is 0.571. The molecule has 0 radical (unpaired) electrons. The molecule has 1 aliphatic rings. The highest BCUT2D eigenvalue weighted by Crippen LogP contribution is 2.18. The number of imidazole rings is 1. The molecule has 3 rings (SSSR count). The zero-order chi connectivity index (χ0) is 13.1. The van der Waals surface area contributed by atoms with E-state index in [9.17, 15) is 0 Å². The molecule has 5 heteroatoms. The van der Waals surface area contributed by atoms with Crippen molar-refractivity contribution in [1.82, 2.24) is 19.9 Å². The first-order valence-electron chi connectivity index (χ1n) is 7.03. The van der Waals surface area contributed by atoms with Gasteiger partial charge in [-0.2, -0.15) is 0 Å². The van der Waals surface area contributed by atoms with Gasteiger partial charge in [-0.3, -0.25) is 0 Å². The molecule has 2 aromatic rings. The Morgan fingerprint density at radius 2 is 2.42 bits per heavy atom. The first kappa shape index (κ1) is 12.6. The monoisotopic (exact) mass is 260 g/mol. The molecule has 0 saturated carbocycles. The first-order valence-corrected chi connectivity index (χ1v) is 7.03. The number of hydrogen-bond donors (Lipinski definition) is 2. The molecular formula is C14H20N4O. The van der Waals surface area contributed by atoms with Crippen LogP contribution >= 0.6 is 0 Å². The number of nitrogens with zero attached hydrogens (tertiary/aromatic N) is 3. The minimum absolute atomic E-state index is 0.202. The van der Waals surface area contributed by atoms with E-state index in [4.69, 9.17) is 10.1 Å². The fourth-order valence-corrected chi connectivity index (χ4v) is 2.78. The standard InChI is InChI=1S/C14H20N4O/c19-9-3-8-18-13(10-11-4-1-6-15-11)17-12-5-2-7-16-14(12)18/h2,5,7,11,15,19H,1,3-4,6,8-10H2. The van der Waals surface area contributed by atoms with Crippen molar-refractivity contribution in [2.45, 2.75) is 38.3 Å². The largest absolute Gasteiger partial charge is 0.396 e. The van der Waals surface area contributed by atoms with Crippen molar-refractivity contribution in [3.05, 3.63) is 24.2 Å². The van der Waals surface area contributed by atoms with Crippen LogP contribution in [-0.2, 0) is 13.0 Å². The lowest BCUT2D eigenvalue weighted by atomic mass is 10.1. The average Bonchev–Trinajstić information content (AvgIpc) is 3.04. The van der Waals surface area contributed by atoms with Gasteiger partial charge in [0.25, 0.3) is 0 Å². The Morgan fingerprint density at radius 1 is 1.47 bits per heavy atom. The number of aryl methyl sites for hydroxylation is 1. The Kier molecular flexibility index (Phi) is 3.75. The van der Waals surface area contributed by atoms with Crippen molar-refractivity contribution in [1.29, 1.82) is 0 Å².